The van der Waals surface area contributed by atoms with Crippen LogP contribution in [-0.2, 0) is 6.54 Å². The third-order valence-corrected chi connectivity index (χ3v) is 6.27. The fourth-order valence-corrected chi connectivity index (χ4v) is 4.66. The molecule has 1 saturated heterocycles. The van der Waals surface area contributed by atoms with Crippen molar-refractivity contribution < 1.29 is 0 Å². The van der Waals surface area contributed by atoms with Crippen molar-refractivity contribution in [3.63, 3.8) is 0 Å². The lowest BCUT2D eigenvalue weighted by Gasteiger charge is -2.21. The third-order valence-electron chi connectivity index (χ3n) is 4.12. The number of hydrogen-bond donors (Lipinski definition) is 1. The Morgan fingerprint density at radius 3 is 2.88 bits per heavy atom. The molecule has 1 fully saturated rings. The van der Waals surface area contributed by atoms with Crippen molar-refractivity contribution in [2.24, 2.45) is 10.9 Å². The Labute approximate surface area is 175 Å². The zero-order chi connectivity index (χ0) is 16.8. The summed E-state index contributed by atoms with van der Waals surface area (Å²) in [5.74, 6) is 2.90. The first-order chi connectivity index (χ1) is 11.7. The van der Waals surface area contributed by atoms with Gasteiger partial charge in [0.2, 0.25) is 0 Å². The predicted molar refractivity (Wildman–Crippen MR) is 119 cm³/mol. The van der Waals surface area contributed by atoms with Gasteiger partial charge in [-0.15, -0.1) is 47.1 Å². The van der Waals surface area contributed by atoms with Crippen LogP contribution in [0.4, 0.5) is 0 Å². The van der Waals surface area contributed by atoms with Crippen molar-refractivity contribution in [2.45, 2.75) is 24.8 Å². The number of rotatable bonds is 5. The van der Waals surface area contributed by atoms with Gasteiger partial charge in [0.1, 0.15) is 0 Å². The third kappa shape index (κ3) is 6.14. The van der Waals surface area contributed by atoms with Gasteiger partial charge in [0.15, 0.2) is 5.96 Å². The minimum atomic E-state index is 0. The van der Waals surface area contributed by atoms with Crippen LogP contribution in [0.5, 0.6) is 0 Å². The van der Waals surface area contributed by atoms with E-state index < -0.39 is 0 Å². The van der Waals surface area contributed by atoms with Gasteiger partial charge in [-0.25, -0.2) is 4.98 Å². The average molecular weight is 488 g/mol. The largest absolute Gasteiger partial charge is 0.351 e. The Hall–Kier alpha value is -0.800. The van der Waals surface area contributed by atoms with Gasteiger partial charge in [0.25, 0.3) is 0 Å². The van der Waals surface area contributed by atoms with Crippen LogP contribution in [0.2, 0.25) is 0 Å². The van der Waals surface area contributed by atoms with E-state index in [9.17, 15) is 0 Å². The second-order valence-corrected chi connectivity index (χ2v) is 8.38. The highest BCUT2D eigenvalue weighted by atomic mass is 127. The van der Waals surface area contributed by atoms with Crippen molar-refractivity contribution in [1.29, 1.82) is 0 Å². The van der Waals surface area contributed by atoms with Gasteiger partial charge < -0.3 is 10.2 Å². The monoisotopic (exact) mass is 488 g/mol. The SMILES string of the molecule is CN=C(NCc1cnc(C)s1)N1CCC(CSc2ccccc2)C1.I. The molecule has 3 rings (SSSR count). The molecule has 0 saturated carbocycles. The summed E-state index contributed by atoms with van der Waals surface area (Å²) in [5.41, 5.74) is 0. The standard InChI is InChI=1S/C18H24N4S2.HI/c1-14-20-10-17(24-14)11-21-18(19-2)22-9-8-15(12-22)13-23-16-6-4-3-5-7-16;/h3-7,10,15H,8-9,11-13H2,1-2H3,(H,19,21);1H. The molecule has 1 aromatic heterocycles. The van der Waals surface area contributed by atoms with Crippen LogP contribution in [-0.4, -0.2) is 41.7 Å². The Morgan fingerprint density at radius 1 is 1.40 bits per heavy atom. The Balaban J connectivity index is 0.00000225. The van der Waals surface area contributed by atoms with Crippen molar-refractivity contribution in [2.75, 3.05) is 25.9 Å². The summed E-state index contributed by atoms with van der Waals surface area (Å²) in [6.07, 6.45) is 3.18. The number of aryl methyl sites for hydroxylation is 1. The van der Waals surface area contributed by atoms with Gasteiger partial charge in [-0.3, -0.25) is 4.99 Å². The number of thioether (sulfide) groups is 1. The lowest BCUT2D eigenvalue weighted by atomic mass is 10.2. The van der Waals surface area contributed by atoms with Crippen LogP contribution in [0.15, 0.2) is 46.4 Å². The molecule has 1 aliphatic rings. The molecule has 0 aliphatic carbocycles. The van der Waals surface area contributed by atoms with Gasteiger partial charge in [-0.1, -0.05) is 18.2 Å². The fourth-order valence-electron chi connectivity index (χ4n) is 2.88. The van der Waals surface area contributed by atoms with Crippen molar-refractivity contribution >= 4 is 53.0 Å². The zero-order valence-corrected chi connectivity index (χ0v) is 18.6. The number of nitrogens with zero attached hydrogens (tertiary/aromatic N) is 3. The molecule has 1 atom stereocenters. The lowest BCUT2D eigenvalue weighted by molar-refractivity contribution is 0.474. The van der Waals surface area contributed by atoms with Crippen molar-refractivity contribution in [3.8, 4) is 0 Å². The van der Waals surface area contributed by atoms with E-state index >= 15 is 0 Å². The smallest absolute Gasteiger partial charge is 0.193 e. The van der Waals surface area contributed by atoms with E-state index in [4.69, 9.17) is 0 Å². The molecule has 0 spiro atoms. The zero-order valence-electron chi connectivity index (χ0n) is 14.6. The van der Waals surface area contributed by atoms with Crippen LogP contribution >= 0.6 is 47.1 Å². The summed E-state index contributed by atoms with van der Waals surface area (Å²) < 4.78 is 0. The number of halogens is 1. The second kappa shape index (κ2) is 10.4. The van der Waals surface area contributed by atoms with Gasteiger partial charge in [-0.05, 0) is 31.4 Å². The predicted octanol–water partition coefficient (Wildman–Crippen LogP) is 4.26. The maximum Gasteiger partial charge on any atom is 0.193 e. The minimum Gasteiger partial charge on any atom is -0.351 e. The molecule has 1 aromatic carbocycles. The van der Waals surface area contributed by atoms with Crippen LogP contribution in [0.3, 0.4) is 0 Å². The summed E-state index contributed by atoms with van der Waals surface area (Å²) in [7, 11) is 1.87. The van der Waals surface area contributed by atoms with E-state index in [0.717, 1.165) is 36.5 Å². The van der Waals surface area contributed by atoms with Gasteiger partial charge in [0, 0.05) is 41.9 Å². The quantitative estimate of drug-likeness (QED) is 0.296. The number of thiazole rings is 1. The summed E-state index contributed by atoms with van der Waals surface area (Å²) in [6, 6.07) is 10.7. The van der Waals surface area contributed by atoms with Gasteiger partial charge in [-0.2, -0.15) is 0 Å². The topological polar surface area (TPSA) is 40.5 Å². The maximum atomic E-state index is 4.45. The van der Waals surface area contributed by atoms with E-state index in [1.54, 1.807) is 11.3 Å². The molecule has 25 heavy (non-hydrogen) atoms. The molecule has 0 radical (unpaired) electrons. The molecule has 1 unspecified atom stereocenters. The highest BCUT2D eigenvalue weighted by Crippen LogP contribution is 2.25. The van der Waals surface area contributed by atoms with Crippen LogP contribution < -0.4 is 5.32 Å². The Bertz CT molecular complexity index is 675. The highest BCUT2D eigenvalue weighted by molar-refractivity contribution is 14.0. The van der Waals surface area contributed by atoms with Crippen molar-refractivity contribution in [1.82, 2.24) is 15.2 Å². The molecular formula is C18H25IN4S2. The van der Waals surface area contributed by atoms with E-state index in [0.29, 0.717) is 0 Å². The Morgan fingerprint density at radius 2 is 2.20 bits per heavy atom. The first-order valence-corrected chi connectivity index (χ1v) is 10.1. The van der Waals surface area contributed by atoms with E-state index in [2.05, 4.69) is 50.5 Å². The number of nitrogens with one attached hydrogen (secondary N) is 1. The first kappa shape index (κ1) is 20.5. The molecule has 136 valence electrons. The number of hydrogen-bond acceptors (Lipinski definition) is 4. The van der Waals surface area contributed by atoms with Crippen LogP contribution in [0.1, 0.15) is 16.3 Å². The normalized spacial score (nSPS) is 17.4. The Kier molecular flexibility index (Phi) is 8.51. The summed E-state index contributed by atoms with van der Waals surface area (Å²) >= 11 is 3.70. The lowest BCUT2D eigenvalue weighted by Crippen LogP contribution is -2.39. The molecule has 0 bridgehead atoms. The van der Waals surface area contributed by atoms with Crippen LogP contribution in [0.25, 0.3) is 0 Å². The average Bonchev–Trinajstić information content (AvgIpc) is 3.24. The molecule has 1 aliphatic heterocycles. The molecule has 2 aromatic rings. The van der Waals surface area contributed by atoms with E-state index in [1.165, 1.54) is 21.9 Å². The highest BCUT2D eigenvalue weighted by Gasteiger charge is 2.24. The number of likely N-dealkylation sites (tertiary alicyclic amines) is 1. The number of guanidine groups is 1. The minimum absolute atomic E-state index is 0. The van der Waals surface area contributed by atoms with E-state index in [-0.39, 0.29) is 24.0 Å². The summed E-state index contributed by atoms with van der Waals surface area (Å²) in [4.78, 5) is 13.8. The van der Waals surface area contributed by atoms with Gasteiger partial charge in [0.05, 0.1) is 11.6 Å². The molecule has 4 nitrogen and oxygen atoms in total. The van der Waals surface area contributed by atoms with Crippen LogP contribution in [0, 0.1) is 12.8 Å². The first-order valence-electron chi connectivity index (χ1n) is 8.29. The second-order valence-electron chi connectivity index (χ2n) is 5.97. The molecule has 7 heteroatoms. The van der Waals surface area contributed by atoms with Crippen molar-refractivity contribution in [3.05, 3.63) is 46.4 Å². The fraction of sp³-hybridized carbons (Fsp3) is 0.444. The number of aromatic nitrogens is 1. The summed E-state index contributed by atoms with van der Waals surface area (Å²) in [5, 5.41) is 4.59. The molecular weight excluding hydrogens is 463 g/mol. The van der Waals surface area contributed by atoms with E-state index in [1.807, 2.05) is 31.9 Å². The molecule has 0 amide bonds. The van der Waals surface area contributed by atoms with Gasteiger partial charge >= 0.3 is 0 Å². The number of benzene rings is 1. The number of aliphatic imine (C=N–C) groups is 1. The molecule has 1 N–H and O–H groups in total. The maximum absolute atomic E-state index is 4.45. The molecule has 2 heterocycles. The summed E-state index contributed by atoms with van der Waals surface area (Å²) in [6.45, 7) is 5.01.